The molecule has 0 aliphatic heterocycles. The summed E-state index contributed by atoms with van der Waals surface area (Å²) in [4.78, 5) is 0. The van der Waals surface area contributed by atoms with Crippen LogP contribution in [0.2, 0.25) is 0 Å². The van der Waals surface area contributed by atoms with Gasteiger partial charge < -0.3 is 4.74 Å². The minimum atomic E-state index is 0.372. The summed E-state index contributed by atoms with van der Waals surface area (Å²) in [7, 11) is 0. The van der Waals surface area contributed by atoms with Gasteiger partial charge in [-0.3, -0.25) is 0 Å². The Balaban J connectivity index is 1.81. The summed E-state index contributed by atoms with van der Waals surface area (Å²) in [5, 5.41) is 9.15. The molecule has 0 amide bonds. The molecule has 3 rings (SSSR count). The van der Waals surface area contributed by atoms with E-state index >= 15 is 0 Å². The Morgan fingerprint density at radius 2 is 1.60 bits per heavy atom. The number of benzene rings is 3. The number of nitriles is 1. The fourth-order valence-corrected chi connectivity index (χ4v) is 2.47. The van der Waals surface area contributed by atoms with Crippen LogP contribution in [-0.2, 0) is 6.61 Å². The first-order valence-corrected chi connectivity index (χ1v) is 8.05. The molecule has 0 fully saturated rings. The monoisotopic (exact) mass is 323 g/mol. The van der Waals surface area contributed by atoms with Crippen molar-refractivity contribution >= 4 is 0 Å². The van der Waals surface area contributed by atoms with Crippen LogP contribution in [0.4, 0.5) is 0 Å². The summed E-state index contributed by atoms with van der Waals surface area (Å²) < 4.78 is 5.84. The lowest BCUT2D eigenvalue weighted by atomic mass is 10.1. The molecule has 0 spiro atoms. The van der Waals surface area contributed by atoms with Crippen LogP contribution in [0.3, 0.4) is 0 Å². The third kappa shape index (κ3) is 4.28. The number of hydrogen-bond donors (Lipinski definition) is 0. The second kappa shape index (κ2) is 7.86. The molecule has 0 saturated carbocycles. The second-order valence-corrected chi connectivity index (χ2v) is 5.67. The molecule has 0 N–H and O–H groups in total. The molecule has 2 nitrogen and oxygen atoms in total. The third-order valence-corrected chi connectivity index (χ3v) is 3.77. The number of aryl methyl sites for hydroxylation is 1. The van der Waals surface area contributed by atoms with Gasteiger partial charge in [-0.25, -0.2) is 0 Å². The summed E-state index contributed by atoms with van der Waals surface area (Å²) >= 11 is 0. The smallest absolute Gasteiger partial charge is 0.137 e. The third-order valence-electron chi connectivity index (χ3n) is 3.77. The molecular weight excluding hydrogens is 306 g/mol. The molecule has 0 saturated heterocycles. The van der Waals surface area contributed by atoms with E-state index in [1.54, 1.807) is 12.1 Å². The first-order chi connectivity index (χ1) is 12.3. The molecular formula is C23H17NO. The van der Waals surface area contributed by atoms with Gasteiger partial charge in [-0.15, -0.1) is 0 Å². The van der Waals surface area contributed by atoms with Gasteiger partial charge in [0.05, 0.1) is 5.56 Å². The van der Waals surface area contributed by atoms with Gasteiger partial charge in [-0.05, 0) is 42.8 Å². The molecule has 0 bridgehead atoms. The Bertz CT molecular complexity index is 986. The molecule has 0 aliphatic carbocycles. The second-order valence-electron chi connectivity index (χ2n) is 5.67. The molecule has 3 aromatic rings. The van der Waals surface area contributed by atoms with E-state index in [4.69, 9.17) is 10.00 Å². The molecule has 0 unspecified atom stereocenters. The van der Waals surface area contributed by atoms with Crippen molar-refractivity contribution in [3.63, 3.8) is 0 Å². The van der Waals surface area contributed by atoms with Crippen LogP contribution in [0, 0.1) is 30.1 Å². The first kappa shape index (κ1) is 16.4. The van der Waals surface area contributed by atoms with Gasteiger partial charge >= 0.3 is 0 Å². The van der Waals surface area contributed by atoms with E-state index in [0.29, 0.717) is 17.9 Å². The van der Waals surface area contributed by atoms with E-state index in [2.05, 4.69) is 37.0 Å². The summed E-state index contributed by atoms with van der Waals surface area (Å²) in [5.41, 5.74) is 4.64. The van der Waals surface area contributed by atoms with Crippen molar-refractivity contribution < 1.29 is 4.74 Å². The molecule has 0 aliphatic rings. The number of hydrogen-bond acceptors (Lipinski definition) is 2. The zero-order valence-electron chi connectivity index (χ0n) is 14.0. The van der Waals surface area contributed by atoms with Crippen LogP contribution in [0.25, 0.3) is 0 Å². The average Bonchev–Trinajstić information content (AvgIpc) is 2.65. The van der Waals surface area contributed by atoms with Gasteiger partial charge in [0.2, 0.25) is 0 Å². The summed E-state index contributed by atoms with van der Waals surface area (Å²) in [5.74, 6) is 7.02. The van der Waals surface area contributed by atoms with E-state index in [1.807, 2.05) is 48.5 Å². The van der Waals surface area contributed by atoms with Gasteiger partial charge in [-0.1, -0.05) is 54.3 Å². The Morgan fingerprint density at radius 1 is 0.840 bits per heavy atom. The Morgan fingerprint density at radius 3 is 2.40 bits per heavy atom. The van der Waals surface area contributed by atoms with E-state index in [-0.39, 0.29) is 0 Å². The summed E-state index contributed by atoms with van der Waals surface area (Å²) in [6.07, 6.45) is 0. The highest BCUT2D eigenvalue weighted by atomic mass is 16.5. The van der Waals surface area contributed by atoms with Crippen molar-refractivity contribution in [1.29, 1.82) is 5.26 Å². The minimum Gasteiger partial charge on any atom is -0.487 e. The zero-order valence-corrected chi connectivity index (χ0v) is 14.0. The largest absolute Gasteiger partial charge is 0.487 e. The first-order valence-electron chi connectivity index (χ1n) is 8.05. The highest BCUT2D eigenvalue weighted by molar-refractivity contribution is 5.47. The van der Waals surface area contributed by atoms with Crippen molar-refractivity contribution in [2.45, 2.75) is 13.5 Å². The van der Waals surface area contributed by atoms with Gasteiger partial charge in [0, 0.05) is 16.7 Å². The summed E-state index contributed by atoms with van der Waals surface area (Å²) in [6, 6.07) is 25.4. The molecule has 0 atom stereocenters. The molecule has 3 aromatic carbocycles. The maximum absolute atomic E-state index is 9.15. The molecule has 0 heterocycles. The van der Waals surface area contributed by atoms with Crippen LogP contribution in [0.1, 0.15) is 27.8 Å². The van der Waals surface area contributed by atoms with Crippen molar-refractivity contribution in [2.24, 2.45) is 0 Å². The maximum Gasteiger partial charge on any atom is 0.137 e. The van der Waals surface area contributed by atoms with E-state index in [1.165, 1.54) is 5.56 Å². The van der Waals surface area contributed by atoms with Crippen molar-refractivity contribution in [2.75, 3.05) is 0 Å². The fourth-order valence-electron chi connectivity index (χ4n) is 2.47. The SMILES string of the molecule is Cc1cccc(C#Cc2ccccc2COc2ccccc2C#N)c1. The quantitative estimate of drug-likeness (QED) is 0.646. The van der Waals surface area contributed by atoms with E-state index in [0.717, 1.165) is 16.7 Å². The van der Waals surface area contributed by atoms with Gasteiger partial charge in [-0.2, -0.15) is 5.26 Å². The maximum atomic E-state index is 9.15. The topological polar surface area (TPSA) is 33.0 Å². The van der Waals surface area contributed by atoms with Gasteiger partial charge in [0.1, 0.15) is 18.4 Å². The van der Waals surface area contributed by atoms with Crippen molar-refractivity contribution in [3.05, 3.63) is 101 Å². The van der Waals surface area contributed by atoms with Gasteiger partial charge in [0.15, 0.2) is 0 Å². The highest BCUT2D eigenvalue weighted by Crippen LogP contribution is 2.19. The van der Waals surface area contributed by atoms with E-state index < -0.39 is 0 Å². The van der Waals surface area contributed by atoms with Crippen LogP contribution in [0.5, 0.6) is 5.75 Å². The Labute approximate surface area is 148 Å². The standard InChI is InChI=1S/C23H17NO/c1-18-7-6-8-19(15-18)13-14-20-9-2-3-11-22(20)17-25-23-12-5-4-10-21(23)16-24/h2-12,15H,17H2,1H3. The van der Waals surface area contributed by atoms with Crippen molar-refractivity contribution in [3.8, 4) is 23.7 Å². The van der Waals surface area contributed by atoms with Crippen LogP contribution in [-0.4, -0.2) is 0 Å². The highest BCUT2D eigenvalue weighted by Gasteiger charge is 2.04. The van der Waals surface area contributed by atoms with Crippen LogP contribution >= 0.6 is 0 Å². The van der Waals surface area contributed by atoms with Gasteiger partial charge in [0.25, 0.3) is 0 Å². The van der Waals surface area contributed by atoms with Crippen molar-refractivity contribution in [1.82, 2.24) is 0 Å². The predicted octanol–water partition coefficient (Wildman–Crippen LogP) is 4.85. The number of rotatable bonds is 3. The molecule has 25 heavy (non-hydrogen) atoms. The van der Waals surface area contributed by atoms with E-state index in [9.17, 15) is 0 Å². The predicted molar refractivity (Wildman–Crippen MR) is 99.1 cm³/mol. The molecule has 0 aromatic heterocycles. The summed E-state index contributed by atoms with van der Waals surface area (Å²) in [6.45, 7) is 2.43. The Kier molecular flexibility index (Phi) is 5.15. The average molecular weight is 323 g/mol. The lowest BCUT2D eigenvalue weighted by molar-refractivity contribution is 0.305. The number of ether oxygens (including phenoxy) is 1. The number of nitrogens with zero attached hydrogens (tertiary/aromatic N) is 1. The zero-order chi connectivity index (χ0) is 17.5. The molecule has 120 valence electrons. The van der Waals surface area contributed by atoms with Crippen LogP contribution in [0.15, 0.2) is 72.8 Å². The van der Waals surface area contributed by atoms with Crippen LogP contribution < -0.4 is 4.74 Å². The number of para-hydroxylation sites is 1. The minimum absolute atomic E-state index is 0.372. The Hall–Kier alpha value is -3.49. The lowest BCUT2D eigenvalue weighted by Gasteiger charge is -2.09. The fraction of sp³-hybridized carbons (Fsp3) is 0.0870. The lowest BCUT2D eigenvalue weighted by Crippen LogP contribution is -1.99. The molecule has 2 heteroatoms. The molecule has 0 radical (unpaired) electrons. The normalized spacial score (nSPS) is 9.60.